The third-order valence-electron chi connectivity index (χ3n) is 2.20. The minimum atomic E-state index is -0.318. The van der Waals surface area contributed by atoms with Crippen LogP contribution in [0.5, 0.6) is 0 Å². The molecule has 0 amide bonds. The maximum absolute atomic E-state index is 13.0. The first-order valence-corrected chi connectivity index (χ1v) is 5.72. The molecule has 1 aromatic heterocycles. The van der Waals surface area contributed by atoms with Crippen molar-refractivity contribution < 1.29 is 8.81 Å². The van der Waals surface area contributed by atoms with E-state index in [0.29, 0.717) is 24.2 Å². The lowest BCUT2D eigenvalue weighted by Crippen LogP contribution is -2.21. The van der Waals surface area contributed by atoms with Gasteiger partial charge in [0.2, 0.25) is 5.89 Å². The number of halogens is 1. The van der Waals surface area contributed by atoms with E-state index in [2.05, 4.69) is 20.8 Å². The Labute approximate surface area is 104 Å². The van der Waals surface area contributed by atoms with Crippen LogP contribution < -0.4 is 10.6 Å². The SMILES string of the molecule is CC(C)NCc1nnc(Nc2cccc(F)c2)o1. The van der Waals surface area contributed by atoms with Crippen molar-refractivity contribution in [2.75, 3.05) is 5.32 Å². The molecule has 0 saturated heterocycles. The van der Waals surface area contributed by atoms with Crippen LogP contribution in [0.1, 0.15) is 19.7 Å². The van der Waals surface area contributed by atoms with Crippen LogP contribution in [-0.2, 0) is 6.54 Å². The Morgan fingerprint density at radius 3 is 2.89 bits per heavy atom. The van der Waals surface area contributed by atoms with Gasteiger partial charge in [-0.3, -0.25) is 0 Å². The molecular weight excluding hydrogens is 235 g/mol. The van der Waals surface area contributed by atoms with Gasteiger partial charge in [0.05, 0.1) is 6.54 Å². The summed E-state index contributed by atoms with van der Waals surface area (Å²) in [4.78, 5) is 0. The summed E-state index contributed by atoms with van der Waals surface area (Å²) >= 11 is 0. The van der Waals surface area contributed by atoms with E-state index in [1.807, 2.05) is 13.8 Å². The fraction of sp³-hybridized carbons (Fsp3) is 0.333. The van der Waals surface area contributed by atoms with Crippen LogP contribution in [0.25, 0.3) is 0 Å². The lowest BCUT2D eigenvalue weighted by molar-refractivity contribution is 0.460. The average Bonchev–Trinajstić information content (AvgIpc) is 2.74. The van der Waals surface area contributed by atoms with Gasteiger partial charge in [0.1, 0.15) is 5.82 Å². The molecule has 0 aliphatic rings. The summed E-state index contributed by atoms with van der Waals surface area (Å²) in [5, 5.41) is 13.7. The Morgan fingerprint density at radius 1 is 1.33 bits per heavy atom. The second-order valence-corrected chi connectivity index (χ2v) is 4.17. The molecule has 0 bridgehead atoms. The first-order chi connectivity index (χ1) is 8.63. The molecule has 2 rings (SSSR count). The number of rotatable bonds is 5. The molecule has 0 aliphatic carbocycles. The highest BCUT2D eigenvalue weighted by atomic mass is 19.1. The minimum absolute atomic E-state index is 0.251. The summed E-state index contributed by atoms with van der Waals surface area (Å²) in [7, 11) is 0. The molecule has 0 unspecified atom stereocenters. The zero-order valence-corrected chi connectivity index (χ0v) is 10.3. The number of anilines is 2. The molecule has 0 spiro atoms. The molecule has 6 heteroatoms. The Morgan fingerprint density at radius 2 is 2.17 bits per heavy atom. The third-order valence-corrected chi connectivity index (χ3v) is 2.20. The molecule has 0 radical (unpaired) electrons. The van der Waals surface area contributed by atoms with Crippen molar-refractivity contribution in [1.82, 2.24) is 15.5 Å². The van der Waals surface area contributed by atoms with E-state index < -0.39 is 0 Å². The van der Waals surface area contributed by atoms with Gasteiger partial charge in [0, 0.05) is 11.7 Å². The smallest absolute Gasteiger partial charge is 0.320 e. The molecule has 1 aromatic carbocycles. The monoisotopic (exact) mass is 250 g/mol. The predicted octanol–water partition coefficient (Wildman–Crippen LogP) is 2.45. The first-order valence-electron chi connectivity index (χ1n) is 5.72. The highest BCUT2D eigenvalue weighted by Crippen LogP contribution is 2.15. The van der Waals surface area contributed by atoms with Crippen LogP contribution in [0.15, 0.2) is 28.7 Å². The molecule has 0 atom stereocenters. The van der Waals surface area contributed by atoms with Crippen molar-refractivity contribution in [2.45, 2.75) is 26.4 Å². The molecule has 0 saturated carbocycles. The number of benzene rings is 1. The fourth-order valence-electron chi connectivity index (χ4n) is 1.36. The second-order valence-electron chi connectivity index (χ2n) is 4.17. The Bertz CT molecular complexity index is 512. The topological polar surface area (TPSA) is 63.0 Å². The minimum Gasteiger partial charge on any atom is -0.406 e. The van der Waals surface area contributed by atoms with E-state index in [9.17, 15) is 4.39 Å². The standard InChI is InChI=1S/C12H15FN4O/c1-8(2)14-7-11-16-17-12(18-11)15-10-5-3-4-9(13)6-10/h3-6,8,14H,7H2,1-2H3,(H,15,17). The van der Waals surface area contributed by atoms with Gasteiger partial charge in [-0.25, -0.2) is 4.39 Å². The highest BCUT2D eigenvalue weighted by Gasteiger charge is 2.06. The summed E-state index contributed by atoms with van der Waals surface area (Å²) in [5.41, 5.74) is 0.571. The molecule has 96 valence electrons. The van der Waals surface area contributed by atoms with Crippen LogP contribution in [-0.4, -0.2) is 16.2 Å². The molecule has 5 nitrogen and oxygen atoms in total. The van der Waals surface area contributed by atoms with Crippen LogP contribution in [0.2, 0.25) is 0 Å². The summed E-state index contributed by atoms with van der Waals surface area (Å²) in [6.07, 6.45) is 0. The van der Waals surface area contributed by atoms with Gasteiger partial charge in [-0.1, -0.05) is 25.0 Å². The summed E-state index contributed by atoms with van der Waals surface area (Å²) in [6.45, 7) is 4.57. The van der Waals surface area contributed by atoms with E-state index in [4.69, 9.17) is 4.42 Å². The van der Waals surface area contributed by atoms with E-state index in [-0.39, 0.29) is 11.8 Å². The molecule has 0 fully saturated rings. The molecular formula is C12H15FN4O. The van der Waals surface area contributed by atoms with Gasteiger partial charge in [0.15, 0.2) is 0 Å². The van der Waals surface area contributed by atoms with E-state index in [1.54, 1.807) is 12.1 Å². The fourth-order valence-corrected chi connectivity index (χ4v) is 1.36. The molecule has 2 aromatic rings. The van der Waals surface area contributed by atoms with E-state index in [1.165, 1.54) is 12.1 Å². The summed E-state index contributed by atoms with van der Waals surface area (Å²) < 4.78 is 18.3. The Kier molecular flexibility index (Phi) is 3.88. The van der Waals surface area contributed by atoms with Gasteiger partial charge in [0.25, 0.3) is 0 Å². The lowest BCUT2D eigenvalue weighted by Gasteiger charge is -2.03. The molecule has 18 heavy (non-hydrogen) atoms. The number of aromatic nitrogens is 2. The zero-order valence-electron chi connectivity index (χ0n) is 10.3. The zero-order chi connectivity index (χ0) is 13.0. The number of hydrogen-bond donors (Lipinski definition) is 2. The van der Waals surface area contributed by atoms with Gasteiger partial charge in [-0.2, -0.15) is 0 Å². The Hall–Kier alpha value is -1.95. The maximum atomic E-state index is 13.0. The van der Waals surface area contributed by atoms with Crippen LogP contribution in [0.4, 0.5) is 16.1 Å². The largest absolute Gasteiger partial charge is 0.406 e. The van der Waals surface area contributed by atoms with Gasteiger partial charge in [-0.15, -0.1) is 5.10 Å². The predicted molar refractivity (Wildman–Crippen MR) is 66.0 cm³/mol. The number of nitrogens with one attached hydrogen (secondary N) is 2. The highest BCUT2D eigenvalue weighted by molar-refractivity contribution is 5.51. The average molecular weight is 250 g/mol. The Balaban J connectivity index is 1.98. The van der Waals surface area contributed by atoms with E-state index in [0.717, 1.165) is 0 Å². The molecule has 1 heterocycles. The summed E-state index contributed by atoms with van der Waals surface area (Å²) in [6, 6.07) is 6.65. The second kappa shape index (κ2) is 5.59. The molecule has 0 aliphatic heterocycles. The summed E-state index contributed by atoms with van der Waals surface area (Å²) in [5.74, 6) is 0.170. The van der Waals surface area contributed by atoms with Crippen molar-refractivity contribution >= 4 is 11.7 Å². The lowest BCUT2D eigenvalue weighted by atomic mass is 10.3. The maximum Gasteiger partial charge on any atom is 0.320 e. The van der Waals surface area contributed by atoms with Crippen LogP contribution in [0.3, 0.4) is 0 Å². The molecule has 2 N–H and O–H groups in total. The third kappa shape index (κ3) is 3.53. The normalized spacial score (nSPS) is 10.9. The van der Waals surface area contributed by atoms with Crippen molar-refractivity contribution in [3.8, 4) is 0 Å². The quantitative estimate of drug-likeness (QED) is 0.853. The van der Waals surface area contributed by atoms with Crippen molar-refractivity contribution in [2.24, 2.45) is 0 Å². The van der Waals surface area contributed by atoms with Gasteiger partial charge >= 0.3 is 6.01 Å². The van der Waals surface area contributed by atoms with Crippen molar-refractivity contribution in [3.63, 3.8) is 0 Å². The van der Waals surface area contributed by atoms with Crippen molar-refractivity contribution in [3.05, 3.63) is 36.0 Å². The number of hydrogen-bond acceptors (Lipinski definition) is 5. The first kappa shape index (κ1) is 12.5. The van der Waals surface area contributed by atoms with Gasteiger partial charge in [-0.05, 0) is 18.2 Å². The van der Waals surface area contributed by atoms with Crippen LogP contribution in [0, 0.1) is 5.82 Å². The van der Waals surface area contributed by atoms with Crippen LogP contribution >= 0.6 is 0 Å². The van der Waals surface area contributed by atoms with E-state index >= 15 is 0 Å². The van der Waals surface area contributed by atoms with Crippen molar-refractivity contribution in [1.29, 1.82) is 0 Å². The number of nitrogens with zero attached hydrogens (tertiary/aromatic N) is 2. The van der Waals surface area contributed by atoms with Gasteiger partial charge < -0.3 is 15.1 Å².